The molecular weight excluding hydrogens is 368 g/mol. The highest BCUT2D eigenvalue weighted by atomic mass is 35.5. The second kappa shape index (κ2) is 6.72. The Morgan fingerprint density at radius 2 is 1.50 bits per heavy atom. The van der Waals surface area contributed by atoms with Crippen molar-refractivity contribution in [3.05, 3.63) is 78.6 Å². The van der Waals surface area contributed by atoms with Gasteiger partial charge < -0.3 is 9.15 Å². The molecule has 3 heteroatoms. The van der Waals surface area contributed by atoms with Gasteiger partial charge in [-0.3, -0.25) is 0 Å². The summed E-state index contributed by atoms with van der Waals surface area (Å²) in [5.74, 6) is 2.48. The van der Waals surface area contributed by atoms with Crippen LogP contribution in [0.5, 0.6) is 5.75 Å². The number of halogens is 1. The van der Waals surface area contributed by atoms with Crippen LogP contribution in [0.3, 0.4) is 0 Å². The first-order chi connectivity index (χ1) is 13.7. The molecule has 0 atom stereocenters. The fraction of sp³-hybridized carbons (Fsp3) is 0.200. The highest BCUT2D eigenvalue weighted by Gasteiger charge is 2.46. The Hall–Kier alpha value is -2.71. The molecule has 28 heavy (non-hydrogen) atoms. The van der Waals surface area contributed by atoms with Gasteiger partial charge in [-0.25, -0.2) is 0 Å². The van der Waals surface area contributed by atoms with Crippen LogP contribution in [-0.2, 0) is 4.87 Å². The van der Waals surface area contributed by atoms with Crippen LogP contribution in [0.4, 0.5) is 0 Å². The summed E-state index contributed by atoms with van der Waals surface area (Å²) < 4.78 is 12.5. The van der Waals surface area contributed by atoms with Crippen molar-refractivity contribution in [2.24, 2.45) is 0 Å². The lowest BCUT2D eigenvalue weighted by Crippen LogP contribution is -2.01. The molecule has 140 valence electrons. The summed E-state index contributed by atoms with van der Waals surface area (Å²) in [4.78, 5) is -0.391. The summed E-state index contributed by atoms with van der Waals surface area (Å²) in [5.41, 5.74) is 5.46. The lowest BCUT2D eigenvalue weighted by Gasteiger charge is -2.16. The van der Waals surface area contributed by atoms with Crippen LogP contribution in [0, 0.1) is 0 Å². The van der Waals surface area contributed by atoms with E-state index in [4.69, 9.17) is 20.8 Å². The van der Waals surface area contributed by atoms with Gasteiger partial charge in [0.25, 0.3) is 0 Å². The molecule has 1 saturated carbocycles. The third kappa shape index (κ3) is 2.89. The number of hydrogen-bond acceptors (Lipinski definition) is 2. The summed E-state index contributed by atoms with van der Waals surface area (Å²) in [7, 11) is 0. The van der Waals surface area contributed by atoms with Gasteiger partial charge in [-0.1, -0.05) is 60.7 Å². The van der Waals surface area contributed by atoms with Crippen molar-refractivity contribution >= 4 is 11.6 Å². The SMILES string of the molecule is CCOc1cc(C2(Cl)CC2)oc2c(-c3ccccc3)cc(-c3ccccc3)c1-2. The van der Waals surface area contributed by atoms with Gasteiger partial charge in [0, 0.05) is 11.6 Å². The minimum atomic E-state index is -0.391. The highest BCUT2D eigenvalue weighted by Crippen LogP contribution is 2.56. The molecule has 3 aliphatic rings. The minimum absolute atomic E-state index is 0.391. The maximum absolute atomic E-state index is 6.72. The fourth-order valence-corrected chi connectivity index (χ4v) is 3.93. The maximum atomic E-state index is 6.72. The molecule has 0 bridgehead atoms. The van der Waals surface area contributed by atoms with E-state index in [0.29, 0.717) is 6.61 Å². The molecule has 1 heterocycles. The molecule has 0 radical (unpaired) electrons. The van der Waals surface area contributed by atoms with Gasteiger partial charge in [-0.2, -0.15) is 0 Å². The molecule has 1 fully saturated rings. The van der Waals surface area contributed by atoms with E-state index in [-0.39, 0.29) is 0 Å². The standard InChI is InChI=1S/C25H21ClO2/c1-2-27-21-16-22(25(26)13-14-25)28-24-20(18-11-7-4-8-12-18)15-19(23(21)24)17-9-5-3-6-10-17/h3-12,15-16H,2,13-14H2,1H3. The molecule has 0 unspecified atom stereocenters. The van der Waals surface area contributed by atoms with E-state index in [1.807, 2.05) is 37.3 Å². The van der Waals surface area contributed by atoms with Crippen molar-refractivity contribution in [3.63, 3.8) is 0 Å². The third-order valence-electron chi connectivity index (χ3n) is 5.35. The molecule has 2 aromatic carbocycles. The van der Waals surface area contributed by atoms with Crippen molar-refractivity contribution in [1.82, 2.24) is 0 Å². The van der Waals surface area contributed by atoms with Crippen molar-refractivity contribution in [2.45, 2.75) is 24.6 Å². The zero-order valence-electron chi connectivity index (χ0n) is 15.7. The van der Waals surface area contributed by atoms with Crippen molar-refractivity contribution in [3.8, 4) is 39.3 Å². The number of hydrogen-bond donors (Lipinski definition) is 0. The minimum Gasteiger partial charge on any atom is -0.493 e. The van der Waals surface area contributed by atoms with Crippen LogP contribution in [0.25, 0.3) is 33.6 Å². The van der Waals surface area contributed by atoms with E-state index in [2.05, 4.69) is 42.5 Å². The Bertz CT molecular complexity index is 1080. The summed E-state index contributed by atoms with van der Waals surface area (Å²) in [6.45, 7) is 2.60. The van der Waals surface area contributed by atoms with Crippen molar-refractivity contribution in [1.29, 1.82) is 0 Å². The normalized spacial score (nSPS) is 14.9. The third-order valence-corrected chi connectivity index (χ3v) is 5.91. The molecule has 0 spiro atoms. The number of rotatable bonds is 5. The Morgan fingerprint density at radius 1 is 0.893 bits per heavy atom. The average molecular weight is 389 g/mol. The van der Waals surface area contributed by atoms with E-state index in [1.165, 1.54) is 0 Å². The molecule has 2 nitrogen and oxygen atoms in total. The predicted molar refractivity (Wildman–Crippen MR) is 114 cm³/mol. The molecule has 0 N–H and O–H groups in total. The average Bonchev–Trinajstić information content (AvgIpc) is 3.37. The van der Waals surface area contributed by atoms with Gasteiger partial charge in [0.05, 0.1) is 12.2 Å². The number of ether oxygens (including phenoxy) is 1. The monoisotopic (exact) mass is 388 g/mol. The van der Waals surface area contributed by atoms with Gasteiger partial charge >= 0.3 is 0 Å². The largest absolute Gasteiger partial charge is 0.493 e. The molecule has 2 aliphatic carbocycles. The molecule has 5 rings (SSSR count). The smallest absolute Gasteiger partial charge is 0.146 e. The summed E-state index contributed by atoms with van der Waals surface area (Å²) in [6.07, 6.45) is 1.87. The Balaban J connectivity index is 1.82. The first kappa shape index (κ1) is 17.4. The Labute approximate surface area is 170 Å². The molecule has 0 aromatic heterocycles. The van der Waals surface area contributed by atoms with E-state index >= 15 is 0 Å². The second-order valence-corrected chi connectivity index (χ2v) is 8.00. The van der Waals surface area contributed by atoms with Crippen molar-refractivity contribution in [2.75, 3.05) is 6.61 Å². The van der Waals surface area contributed by atoms with Gasteiger partial charge in [-0.05, 0) is 42.5 Å². The molecule has 0 saturated heterocycles. The zero-order valence-corrected chi connectivity index (χ0v) is 16.5. The van der Waals surface area contributed by atoms with Gasteiger partial charge in [-0.15, -0.1) is 11.6 Å². The Morgan fingerprint density at radius 3 is 2.07 bits per heavy atom. The van der Waals surface area contributed by atoms with Gasteiger partial charge in [0.1, 0.15) is 22.1 Å². The summed E-state index contributed by atoms with van der Waals surface area (Å²) in [5, 5.41) is 0. The van der Waals surface area contributed by atoms with Gasteiger partial charge in [0.15, 0.2) is 0 Å². The van der Waals surface area contributed by atoms with Crippen LogP contribution in [0.2, 0.25) is 0 Å². The topological polar surface area (TPSA) is 22.4 Å². The number of fused-ring (bicyclic) bond motifs is 1. The van der Waals surface area contributed by atoms with Crippen LogP contribution in [-0.4, -0.2) is 6.61 Å². The molecular formula is C25H21ClO2. The summed E-state index contributed by atoms with van der Waals surface area (Å²) in [6, 6.07) is 24.9. The zero-order chi connectivity index (χ0) is 19.1. The quantitative estimate of drug-likeness (QED) is 0.333. The van der Waals surface area contributed by atoms with Crippen LogP contribution >= 0.6 is 11.6 Å². The van der Waals surface area contributed by atoms with E-state index in [9.17, 15) is 0 Å². The molecule has 2 aromatic rings. The van der Waals surface area contributed by atoms with Crippen LogP contribution in [0.15, 0.2) is 77.2 Å². The van der Waals surface area contributed by atoms with Crippen molar-refractivity contribution < 1.29 is 9.15 Å². The van der Waals surface area contributed by atoms with E-state index in [1.54, 1.807) is 0 Å². The van der Waals surface area contributed by atoms with E-state index in [0.717, 1.165) is 57.9 Å². The van der Waals surface area contributed by atoms with E-state index < -0.39 is 4.87 Å². The molecule has 0 amide bonds. The number of benzene rings is 2. The first-order valence-corrected chi connectivity index (χ1v) is 10.1. The fourth-order valence-electron chi connectivity index (χ4n) is 3.74. The van der Waals surface area contributed by atoms with Crippen LogP contribution < -0.4 is 4.74 Å². The summed E-state index contributed by atoms with van der Waals surface area (Å²) >= 11 is 6.72. The lowest BCUT2D eigenvalue weighted by atomic mass is 10.0. The molecule has 1 aliphatic heterocycles. The van der Waals surface area contributed by atoms with Crippen LogP contribution in [0.1, 0.15) is 25.5 Å². The Kier molecular flexibility index (Phi) is 4.17. The first-order valence-electron chi connectivity index (χ1n) is 9.73. The number of alkyl halides is 1. The predicted octanol–water partition coefficient (Wildman–Crippen LogP) is 7.35. The highest BCUT2D eigenvalue weighted by molar-refractivity contribution is 6.25. The van der Waals surface area contributed by atoms with Gasteiger partial charge in [0.2, 0.25) is 0 Å². The second-order valence-electron chi connectivity index (χ2n) is 7.28. The lowest BCUT2D eigenvalue weighted by molar-refractivity contribution is 0.335. The maximum Gasteiger partial charge on any atom is 0.146 e.